The van der Waals surface area contributed by atoms with E-state index in [0.29, 0.717) is 18.9 Å². The molecule has 0 unspecified atom stereocenters. The van der Waals surface area contributed by atoms with Gasteiger partial charge in [0, 0.05) is 7.05 Å². The minimum absolute atomic E-state index is 0.402. The minimum Gasteiger partial charge on any atom is -0.369 e. The molecule has 0 aliphatic heterocycles. The lowest BCUT2D eigenvalue weighted by atomic mass is 10.2. The summed E-state index contributed by atoms with van der Waals surface area (Å²) in [6.45, 7) is 0.948. The molecule has 17 heavy (non-hydrogen) atoms. The first-order valence-corrected chi connectivity index (χ1v) is 5.38. The summed E-state index contributed by atoms with van der Waals surface area (Å²) >= 11 is 0. The number of aromatic nitrogens is 2. The molecule has 0 N–H and O–H groups in total. The molecule has 0 saturated carbocycles. The van der Waals surface area contributed by atoms with E-state index < -0.39 is 0 Å². The van der Waals surface area contributed by atoms with Crippen LogP contribution in [0, 0.1) is 0 Å². The molecule has 4 nitrogen and oxygen atoms in total. The highest BCUT2D eigenvalue weighted by Crippen LogP contribution is 2.05. The van der Waals surface area contributed by atoms with E-state index >= 15 is 0 Å². The number of nitrogens with zero attached hydrogens (tertiary/aromatic N) is 2. The molecule has 0 aliphatic rings. The number of aldehydes is 1. The van der Waals surface area contributed by atoms with Gasteiger partial charge in [-0.1, -0.05) is 30.3 Å². The largest absolute Gasteiger partial charge is 0.369 e. The van der Waals surface area contributed by atoms with E-state index in [1.54, 1.807) is 17.8 Å². The molecule has 0 spiro atoms. The van der Waals surface area contributed by atoms with E-state index in [-0.39, 0.29) is 0 Å². The smallest absolute Gasteiger partial charge is 0.168 e. The molecule has 0 amide bonds. The lowest BCUT2D eigenvalue weighted by Crippen LogP contribution is -2.03. The van der Waals surface area contributed by atoms with Crippen molar-refractivity contribution in [3.63, 3.8) is 0 Å². The summed E-state index contributed by atoms with van der Waals surface area (Å²) < 4.78 is 7.28. The van der Waals surface area contributed by atoms with Crippen molar-refractivity contribution in [3.05, 3.63) is 53.6 Å². The second kappa shape index (κ2) is 5.41. The summed E-state index contributed by atoms with van der Waals surface area (Å²) in [5.74, 6) is 0.753. The van der Waals surface area contributed by atoms with Crippen molar-refractivity contribution in [2.75, 3.05) is 0 Å². The Morgan fingerprint density at radius 2 is 2.06 bits per heavy atom. The first-order valence-electron chi connectivity index (χ1n) is 5.38. The van der Waals surface area contributed by atoms with Crippen molar-refractivity contribution in [3.8, 4) is 0 Å². The summed E-state index contributed by atoms with van der Waals surface area (Å²) in [6.07, 6.45) is 2.34. The van der Waals surface area contributed by atoms with Gasteiger partial charge in [-0.2, -0.15) is 0 Å². The van der Waals surface area contributed by atoms with Gasteiger partial charge >= 0.3 is 0 Å². The van der Waals surface area contributed by atoms with Crippen LogP contribution in [0.5, 0.6) is 0 Å². The van der Waals surface area contributed by atoms with E-state index in [4.69, 9.17) is 4.74 Å². The van der Waals surface area contributed by atoms with Crippen LogP contribution >= 0.6 is 0 Å². The van der Waals surface area contributed by atoms with Crippen molar-refractivity contribution in [1.82, 2.24) is 9.55 Å². The highest BCUT2D eigenvalue weighted by atomic mass is 16.5. The summed E-state index contributed by atoms with van der Waals surface area (Å²) in [7, 11) is 1.80. The predicted octanol–water partition coefficient (Wildman–Crippen LogP) is 1.95. The number of ether oxygens (including phenoxy) is 1. The molecule has 2 rings (SSSR count). The van der Waals surface area contributed by atoms with Crippen LogP contribution in [-0.2, 0) is 25.0 Å². The molecular weight excluding hydrogens is 216 g/mol. The highest BCUT2D eigenvalue weighted by molar-refractivity contribution is 5.71. The zero-order valence-corrected chi connectivity index (χ0v) is 9.67. The van der Waals surface area contributed by atoms with Crippen molar-refractivity contribution >= 4 is 6.29 Å². The van der Waals surface area contributed by atoms with E-state index in [1.165, 1.54) is 0 Å². The zero-order chi connectivity index (χ0) is 12.1. The van der Waals surface area contributed by atoms with Crippen LogP contribution in [0.15, 0.2) is 36.5 Å². The third-order valence-corrected chi connectivity index (χ3v) is 2.58. The minimum atomic E-state index is 0.402. The Bertz CT molecular complexity index is 491. The predicted molar refractivity (Wildman–Crippen MR) is 63.5 cm³/mol. The summed E-state index contributed by atoms with van der Waals surface area (Å²) in [4.78, 5) is 14.8. The molecule has 0 fully saturated rings. The second-order valence-electron chi connectivity index (χ2n) is 3.75. The third kappa shape index (κ3) is 2.79. The van der Waals surface area contributed by atoms with E-state index in [2.05, 4.69) is 4.98 Å². The molecule has 1 aromatic carbocycles. The molecule has 0 aliphatic carbocycles. The molecule has 0 radical (unpaired) electrons. The van der Waals surface area contributed by atoms with Crippen molar-refractivity contribution in [2.24, 2.45) is 7.05 Å². The lowest BCUT2D eigenvalue weighted by Gasteiger charge is -2.05. The molecule has 1 heterocycles. The van der Waals surface area contributed by atoms with Gasteiger partial charge in [-0.3, -0.25) is 4.79 Å². The molecule has 0 saturated heterocycles. The van der Waals surface area contributed by atoms with Gasteiger partial charge in [0.05, 0.1) is 12.8 Å². The van der Waals surface area contributed by atoms with Crippen LogP contribution in [0.2, 0.25) is 0 Å². The van der Waals surface area contributed by atoms with Crippen LogP contribution < -0.4 is 0 Å². The summed E-state index contributed by atoms with van der Waals surface area (Å²) in [6, 6.07) is 9.94. The van der Waals surface area contributed by atoms with E-state index in [0.717, 1.165) is 17.7 Å². The van der Waals surface area contributed by atoms with Gasteiger partial charge in [-0.05, 0) is 5.56 Å². The average molecular weight is 230 g/mol. The first-order chi connectivity index (χ1) is 8.31. The first kappa shape index (κ1) is 11.5. The topological polar surface area (TPSA) is 44.1 Å². The Hall–Kier alpha value is -1.94. The fourth-order valence-corrected chi connectivity index (χ4v) is 1.54. The Kier molecular flexibility index (Phi) is 3.67. The molecule has 2 aromatic rings. The summed E-state index contributed by atoms with van der Waals surface area (Å²) in [5, 5.41) is 0. The van der Waals surface area contributed by atoms with E-state index in [1.807, 2.05) is 30.3 Å². The van der Waals surface area contributed by atoms with Crippen molar-refractivity contribution in [1.29, 1.82) is 0 Å². The number of rotatable bonds is 5. The van der Waals surface area contributed by atoms with Gasteiger partial charge in [0.1, 0.15) is 18.1 Å². The number of hydrogen-bond acceptors (Lipinski definition) is 3. The normalized spacial score (nSPS) is 10.4. The van der Waals surface area contributed by atoms with Crippen molar-refractivity contribution < 1.29 is 9.53 Å². The number of carbonyl (C=O) groups is 1. The zero-order valence-electron chi connectivity index (χ0n) is 9.67. The van der Waals surface area contributed by atoms with Gasteiger partial charge in [0.2, 0.25) is 0 Å². The van der Waals surface area contributed by atoms with Crippen LogP contribution in [0.4, 0.5) is 0 Å². The molecular formula is C13H14N2O2. The number of hydrogen-bond donors (Lipinski definition) is 0. The van der Waals surface area contributed by atoms with Crippen LogP contribution in [0.25, 0.3) is 0 Å². The average Bonchev–Trinajstić information content (AvgIpc) is 2.72. The highest BCUT2D eigenvalue weighted by Gasteiger charge is 2.05. The Morgan fingerprint density at radius 1 is 1.29 bits per heavy atom. The maximum Gasteiger partial charge on any atom is 0.168 e. The van der Waals surface area contributed by atoms with Gasteiger partial charge < -0.3 is 9.30 Å². The van der Waals surface area contributed by atoms with Gasteiger partial charge in [0.15, 0.2) is 6.29 Å². The quantitative estimate of drug-likeness (QED) is 0.737. The lowest BCUT2D eigenvalue weighted by molar-refractivity contribution is 0.0994. The number of carbonyl (C=O) groups excluding carboxylic acids is 1. The maximum atomic E-state index is 10.6. The van der Waals surface area contributed by atoms with Crippen molar-refractivity contribution in [2.45, 2.75) is 13.2 Å². The van der Waals surface area contributed by atoms with Gasteiger partial charge in [0.25, 0.3) is 0 Å². The van der Waals surface area contributed by atoms with Crippen LogP contribution in [0.1, 0.15) is 21.9 Å². The summed E-state index contributed by atoms with van der Waals surface area (Å²) in [5.41, 5.74) is 1.68. The Balaban J connectivity index is 1.90. The second-order valence-corrected chi connectivity index (χ2v) is 3.75. The van der Waals surface area contributed by atoms with Crippen LogP contribution in [0.3, 0.4) is 0 Å². The Morgan fingerprint density at radius 3 is 2.71 bits per heavy atom. The number of benzene rings is 1. The molecule has 1 aromatic heterocycles. The standard InChI is InChI=1S/C13H14N2O2/c1-15-12(8-16)7-14-13(15)10-17-9-11-5-3-2-4-6-11/h2-8H,9-10H2,1H3. The Labute approximate surface area is 99.9 Å². The molecule has 0 bridgehead atoms. The van der Waals surface area contributed by atoms with Crippen LogP contribution in [-0.4, -0.2) is 15.8 Å². The molecule has 0 atom stereocenters. The molecule has 88 valence electrons. The fraction of sp³-hybridized carbons (Fsp3) is 0.231. The molecule has 4 heteroatoms. The SMILES string of the molecule is Cn1c(C=O)cnc1COCc1ccccc1. The maximum absolute atomic E-state index is 10.6. The fourth-order valence-electron chi connectivity index (χ4n) is 1.54. The number of imidazole rings is 1. The third-order valence-electron chi connectivity index (χ3n) is 2.58. The van der Waals surface area contributed by atoms with Gasteiger partial charge in [-0.15, -0.1) is 0 Å². The van der Waals surface area contributed by atoms with Gasteiger partial charge in [-0.25, -0.2) is 4.98 Å². The monoisotopic (exact) mass is 230 g/mol. The van der Waals surface area contributed by atoms with E-state index in [9.17, 15) is 4.79 Å².